The molecule has 4 aliphatic rings. The first-order chi connectivity index (χ1) is 16.6. The van der Waals surface area contributed by atoms with Gasteiger partial charge in [0.15, 0.2) is 0 Å². The largest absolute Gasteiger partial charge is 0.462 e. The smallest absolute Gasteiger partial charge is 0.309 e. The maximum absolute atomic E-state index is 13.2. The van der Waals surface area contributed by atoms with Gasteiger partial charge in [0.2, 0.25) is 0 Å². The lowest BCUT2D eigenvalue weighted by atomic mass is 9.52. The summed E-state index contributed by atoms with van der Waals surface area (Å²) in [5.41, 5.74) is 0.547. The highest BCUT2D eigenvalue weighted by atomic mass is 16.5. The molecule has 4 aliphatic carbocycles. The predicted octanol–water partition coefficient (Wildman–Crippen LogP) is 9.64. The predicted molar refractivity (Wildman–Crippen MR) is 143 cm³/mol. The minimum absolute atomic E-state index is 0.166. The molecule has 0 amide bonds. The van der Waals surface area contributed by atoms with Crippen LogP contribution in [-0.2, 0) is 9.53 Å². The van der Waals surface area contributed by atoms with E-state index in [9.17, 15) is 4.79 Å². The number of esters is 1. The molecule has 4 saturated carbocycles. The van der Waals surface area contributed by atoms with Gasteiger partial charge in [-0.15, -0.1) is 0 Å². The lowest BCUT2D eigenvalue weighted by Crippen LogP contribution is -2.45. The number of unbranched alkanes of at least 4 members (excludes halogenated alkanes) is 1. The second-order valence-corrected chi connectivity index (χ2v) is 13.1. The summed E-state index contributed by atoms with van der Waals surface area (Å²) in [5.74, 6) is 4.09. The summed E-state index contributed by atoms with van der Waals surface area (Å²) in [7, 11) is 0. The van der Waals surface area contributed by atoms with Crippen molar-refractivity contribution in [3.63, 3.8) is 0 Å². The summed E-state index contributed by atoms with van der Waals surface area (Å²) in [5, 5.41) is 0. The van der Waals surface area contributed by atoms with Crippen LogP contribution in [0.2, 0.25) is 0 Å². The van der Waals surface area contributed by atoms with Crippen LogP contribution in [0.3, 0.4) is 0 Å². The van der Waals surface area contributed by atoms with Gasteiger partial charge in [-0.25, -0.2) is 0 Å². The number of carbonyl (C=O) groups excluding carboxylic acids is 1. The minimum Gasteiger partial charge on any atom is -0.462 e. The molecule has 0 atom stereocenters. The molecule has 0 bridgehead atoms. The third-order valence-corrected chi connectivity index (χ3v) is 11.1. The number of ether oxygens (including phenoxy) is 1. The Morgan fingerprint density at radius 2 is 1.26 bits per heavy atom. The molecule has 0 N–H and O–H groups in total. The highest BCUT2D eigenvalue weighted by molar-refractivity contribution is 5.72. The van der Waals surface area contributed by atoms with Crippen molar-refractivity contribution in [1.29, 1.82) is 0 Å². The van der Waals surface area contributed by atoms with Crippen LogP contribution < -0.4 is 0 Å². The topological polar surface area (TPSA) is 26.3 Å². The van der Waals surface area contributed by atoms with Crippen molar-refractivity contribution in [3.05, 3.63) is 0 Å². The van der Waals surface area contributed by atoms with Gasteiger partial charge in [-0.1, -0.05) is 78.1 Å². The van der Waals surface area contributed by atoms with Gasteiger partial charge >= 0.3 is 5.97 Å². The molecule has 4 fully saturated rings. The standard InChI is InChI=1S/C32H56O2/c1-3-5-10-26-13-17-29(18-14-26)32(28-11-7-6-8-12-28)23-21-27(22-24-32)31(33)34-30-19-15-25(9-4-2)16-20-30/h25-30H,3-24H2,1-2H3. The number of hydrogen-bond donors (Lipinski definition) is 0. The highest BCUT2D eigenvalue weighted by Crippen LogP contribution is 2.58. The zero-order valence-corrected chi connectivity index (χ0v) is 22.8. The van der Waals surface area contributed by atoms with Gasteiger partial charge in [-0.05, 0) is 106 Å². The van der Waals surface area contributed by atoms with Crippen molar-refractivity contribution in [2.24, 2.45) is 35.0 Å². The van der Waals surface area contributed by atoms with E-state index in [0.29, 0.717) is 5.41 Å². The molecule has 196 valence electrons. The molecule has 0 aromatic carbocycles. The third-order valence-electron chi connectivity index (χ3n) is 11.1. The molecule has 0 aliphatic heterocycles. The fraction of sp³-hybridized carbons (Fsp3) is 0.969. The van der Waals surface area contributed by atoms with Crippen molar-refractivity contribution in [1.82, 2.24) is 0 Å². The maximum Gasteiger partial charge on any atom is 0.309 e. The van der Waals surface area contributed by atoms with Crippen molar-refractivity contribution >= 4 is 5.97 Å². The van der Waals surface area contributed by atoms with Gasteiger partial charge < -0.3 is 4.74 Å². The second-order valence-electron chi connectivity index (χ2n) is 13.1. The van der Waals surface area contributed by atoms with Crippen LogP contribution in [0.5, 0.6) is 0 Å². The van der Waals surface area contributed by atoms with E-state index in [1.807, 2.05) is 0 Å². The van der Waals surface area contributed by atoms with Crippen molar-refractivity contribution in [2.45, 2.75) is 161 Å². The van der Waals surface area contributed by atoms with Crippen LogP contribution in [0.1, 0.15) is 155 Å². The van der Waals surface area contributed by atoms with Crippen molar-refractivity contribution in [3.8, 4) is 0 Å². The molecule has 0 aromatic heterocycles. The van der Waals surface area contributed by atoms with Crippen LogP contribution in [0.25, 0.3) is 0 Å². The monoisotopic (exact) mass is 472 g/mol. The third kappa shape index (κ3) is 6.61. The maximum atomic E-state index is 13.2. The van der Waals surface area contributed by atoms with Gasteiger partial charge in [0.1, 0.15) is 6.10 Å². The molecular formula is C32H56O2. The molecule has 0 heterocycles. The van der Waals surface area contributed by atoms with E-state index in [1.165, 1.54) is 116 Å². The molecule has 34 heavy (non-hydrogen) atoms. The van der Waals surface area contributed by atoms with E-state index < -0.39 is 0 Å². The van der Waals surface area contributed by atoms with Crippen LogP contribution in [0.4, 0.5) is 0 Å². The van der Waals surface area contributed by atoms with E-state index in [1.54, 1.807) is 0 Å². The Balaban J connectivity index is 1.31. The first-order valence-corrected chi connectivity index (χ1v) is 15.8. The van der Waals surface area contributed by atoms with Crippen LogP contribution in [0.15, 0.2) is 0 Å². The van der Waals surface area contributed by atoms with E-state index >= 15 is 0 Å². The molecule has 0 unspecified atom stereocenters. The fourth-order valence-corrected chi connectivity index (χ4v) is 8.94. The first-order valence-electron chi connectivity index (χ1n) is 15.8. The summed E-state index contributed by atoms with van der Waals surface area (Å²) >= 11 is 0. The van der Waals surface area contributed by atoms with Crippen molar-refractivity contribution in [2.75, 3.05) is 0 Å². The normalized spacial score (nSPS) is 37.9. The summed E-state index contributed by atoms with van der Waals surface area (Å²) in [6.45, 7) is 4.63. The molecule has 2 nitrogen and oxygen atoms in total. The second kappa shape index (κ2) is 13.1. The summed E-state index contributed by atoms with van der Waals surface area (Å²) < 4.78 is 6.13. The summed E-state index contributed by atoms with van der Waals surface area (Å²) in [6.07, 6.45) is 29.9. The zero-order chi connectivity index (χ0) is 23.8. The highest BCUT2D eigenvalue weighted by Gasteiger charge is 2.49. The van der Waals surface area contributed by atoms with Crippen molar-refractivity contribution < 1.29 is 9.53 Å². The Kier molecular flexibility index (Phi) is 10.3. The summed E-state index contributed by atoms with van der Waals surface area (Å²) in [4.78, 5) is 13.2. The average molecular weight is 473 g/mol. The van der Waals surface area contributed by atoms with E-state index in [2.05, 4.69) is 13.8 Å². The van der Waals surface area contributed by atoms with Crippen LogP contribution in [-0.4, -0.2) is 12.1 Å². The molecule has 2 heteroatoms. The molecule has 0 radical (unpaired) electrons. The molecule has 0 saturated heterocycles. The van der Waals surface area contributed by atoms with Gasteiger partial charge in [0, 0.05) is 0 Å². The average Bonchev–Trinajstić information content (AvgIpc) is 2.89. The van der Waals surface area contributed by atoms with Gasteiger partial charge in [0.25, 0.3) is 0 Å². The Bertz CT molecular complexity index is 582. The van der Waals surface area contributed by atoms with E-state index in [0.717, 1.165) is 49.4 Å². The lowest BCUT2D eigenvalue weighted by Gasteiger charge is -2.53. The molecule has 4 rings (SSSR count). The first kappa shape index (κ1) is 26.5. The SMILES string of the molecule is CCCCC1CCC(C2(C3CCCCC3)CCC(C(=O)OC3CCC(CCC)CC3)CC2)CC1. The van der Waals surface area contributed by atoms with E-state index in [-0.39, 0.29) is 18.0 Å². The Morgan fingerprint density at radius 3 is 1.88 bits per heavy atom. The molecule has 0 spiro atoms. The number of rotatable bonds is 9. The number of carbonyl (C=O) groups is 1. The molecule has 0 aromatic rings. The lowest BCUT2D eigenvalue weighted by molar-refractivity contribution is -0.159. The Hall–Kier alpha value is -0.530. The van der Waals surface area contributed by atoms with Gasteiger partial charge in [-0.3, -0.25) is 4.79 Å². The number of hydrogen-bond acceptors (Lipinski definition) is 2. The van der Waals surface area contributed by atoms with Gasteiger partial charge in [0.05, 0.1) is 5.92 Å². The Labute approximate surface area is 211 Å². The minimum atomic E-state index is 0.166. The summed E-state index contributed by atoms with van der Waals surface area (Å²) in [6, 6.07) is 0. The van der Waals surface area contributed by atoms with E-state index in [4.69, 9.17) is 4.74 Å². The van der Waals surface area contributed by atoms with Crippen LogP contribution in [0, 0.1) is 35.0 Å². The van der Waals surface area contributed by atoms with Crippen LogP contribution >= 0.6 is 0 Å². The Morgan fingerprint density at radius 1 is 0.676 bits per heavy atom. The fourth-order valence-electron chi connectivity index (χ4n) is 8.94. The molecular weight excluding hydrogens is 416 g/mol. The zero-order valence-electron chi connectivity index (χ0n) is 22.8. The van der Waals surface area contributed by atoms with Gasteiger partial charge in [-0.2, -0.15) is 0 Å². The quantitative estimate of drug-likeness (QED) is 0.312.